The highest BCUT2D eigenvalue weighted by atomic mass is 19.4. The summed E-state index contributed by atoms with van der Waals surface area (Å²) in [5, 5.41) is 2.40. The largest absolute Gasteiger partial charge is 0.433 e. The van der Waals surface area contributed by atoms with E-state index in [1.165, 1.54) is 13.0 Å². The van der Waals surface area contributed by atoms with Gasteiger partial charge in [0, 0.05) is 18.3 Å². The summed E-state index contributed by atoms with van der Waals surface area (Å²) < 4.78 is 78.1. The van der Waals surface area contributed by atoms with Crippen LogP contribution in [0.15, 0.2) is 41.7 Å². The number of anilines is 2. The van der Waals surface area contributed by atoms with Crippen LogP contribution >= 0.6 is 0 Å². The number of aryl methyl sites for hydroxylation is 1. The van der Waals surface area contributed by atoms with Crippen molar-refractivity contribution in [2.75, 3.05) is 5.32 Å². The molecule has 0 saturated carbocycles. The maximum Gasteiger partial charge on any atom is 0.433 e. The van der Waals surface area contributed by atoms with Gasteiger partial charge in [-0.1, -0.05) is 12.1 Å². The third-order valence-corrected chi connectivity index (χ3v) is 3.42. The smallest absolute Gasteiger partial charge is 0.325 e. The topological polar surface area (TPSA) is 46.9 Å². The Morgan fingerprint density at radius 1 is 1.15 bits per heavy atom. The zero-order valence-corrected chi connectivity index (χ0v) is 13.4. The summed E-state index contributed by atoms with van der Waals surface area (Å²) in [6, 6.07) is 3.05. The fourth-order valence-electron chi connectivity index (χ4n) is 2.11. The summed E-state index contributed by atoms with van der Waals surface area (Å²) in [4.78, 5) is 15.3. The van der Waals surface area contributed by atoms with Crippen molar-refractivity contribution in [1.82, 2.24) is 9.55 Å². The molecule has 0 aliphatic heterocycles. The molecule has 0 unspecified atom stereocenters. The molecule has 0 spiro atoms. The van der Waals surface area contributed by atoms with Crippen LogP contribution in [0.5, 0.6) is 0 Å². The van der Waals surface area contributed by atoms with Gasteiger partial charge in [-0.15, -0.1) is 6.58 Å². The van der Waals surface area contributed by atoms with Crippen LogP contribution in [0.25, 0.3) is 0 Å². The molecule has 0 atom stereocenters. The average molecular weight is 377 g/mol. The van der Waals surface area contributed by atoms with Crippen molar-refractivity contribution in [3.63, 3.8) is 0 Å². The van der Waals surface area contributed by atoms with Gasteiger partial charge in [-0.05, 0) is 24.6 Å². The van der Waals surface area contributed by atoms with E-state index in [9.17, 15) is 31.1 Å². The van der Waals surface area contributed by atoms with Crippen molar-refractivity contribution < 1.29 is 26.3 Å². The molecule has 10 heteroatoms. The number of nitrogens with one attached hydrogen (secondary N) is 1. The molecule has 4 nitrogen and oxygen atoms in total. The van der Waals surface area contributed by atoms with Gasteiger partial charge in [-0.2, -0.15) is 26.3 Å². The Balaban J connectivity index is 2.60. The Kier molecular flexibility index (Phi) is 5.15. The molecule has 0 fully saturated rings. The molecule has 0 radical (unpaired) electrons. The lowest BCUT2D eigenvalue weighted by Gasteiger charge is -2.17. The molecule has 0 aliphatic carbocycles. The predicted molar refractivity (Wildman–Crippen MR) is 83.2 cm³/mol. The molecule has 1 heterocycles. The monoisotopic (exact) mass is 377 g/mol. The summed E-state index contributed by atoms with van der Waals surface area (Å²) in [5.41, 5.74) is -3.25. The predicted octanol–water partition coefficient (Wildman–Crippen LogP) is 4.52. The number of halogens is 6. The molecule has 140 valence electrons. The van der Waals surface area contributed by atoms with Gasteiger partial charge in [0.1, 0.15) is 0 Å². The van der Waals surface area contributed by atoms with Gasteiger partial charge < -0.3 is 5.32 Å². The second kappa shape index (κ2) is 6.85. The van der Waals surface area contributed by atoms with E-state index in [2.05, 4.69) is 16.9 Å². The average Bonchev–Trinajstić information content (AvgIpc) is 2.50. The van der Waals surface area contributed by atoms with Crippen LogP contribution in [-0.2, 0) is 18.9 Å². The lowest BCUT2D eigenvalue weighted by atomic mass is 10.1. The Labute approximate surface area is 143 Å². The Bertz CT molecular complexity index is 883. The Hall–Kier alpha value is -2.78. The van der Waals surface area contributed by atoms with Crippen molar-refractivity contribution in [3.8, 4) is 0 Å². The number of alkyl halides is 6. The van der Waals surface area contributed by atoms with Gasteiger partial charge in [0.05, 0.1) is 5.56 Å². The normalized spacial score (nSPS) is 12.1. The Morgan fingerprint density at radius 3 is 2.35 bits per heavy atom. The SMILES string of the molecule is C=CCn1c(Nc2cc(C(F)(F)F)ccc2C)nc(C(F)(F)F)cc1=O. The van der Waals surface area contributed by atoms with E-state index in [1.807, 2.05) is 0 Å². The fourth-order valence-corrected chi connectivity index (χ4v) is 2.11. The number of hydrogen-bond acceptors (Lipinski definition) is 3. The number of nitrogens with zero attached hydrogens (tertiary/aromatic N) is 2. The second-order valence-corrected chi connectivity index (χ2v) is 5.35. The summed E-state index contributed by atoms with van der Waals surface area (Å²) in [7, 11) is 0. The van der Waals surface area contributed by atoms with Crippen LogP contribution in [0, 0.1) is 6.92 Å². The minimum atomic E-state index is -4.88. The molecule has 1 N–H and O–H groups in total. The molecule has 2 aromatic rings. The molecule has 1 aromatic heterocycles. The zero-order valence-electron chi connectivity index (χ0n) is 13.4. The van der Waals surface area contributed by atoms with Crippen LogP contribution in [0.4, 0.5) is 38.0 Å². The van der Waals surface area contributed by atoms with Gasteiger partial charge in [0.25, 0.3) is 5.56 Å². The first kappa shape index (κ1) is 19.5. The maximum atomic E-state index is 12.9. The summed E-state index contributed by atoms with van der Waals surface area (Å²) in [5.74, 6) is -0.535. The minimum Gasteiger partial charge on any atom is -0.325 e. The summed E-state index contributed by atoms with van der Waals surface area (Å²) >= 11 is 0. The molecule has 0 bridgehead atoms. The van der Waals surface area contributed by atoms with E-state index in [-0.39, 0.29) is 12.2 Å². The highest BCUT2D eigenvalue weighted by Gasteiger charge is 2.34. The first-order valence-corrected chi connectivity index (χ1v) is 7.18. The molecule has 0 aliphatic rings. The van der Waals surface area contributed by atoms with Crippen molar-refractivity contribution in [1.29, 1.82) is 0 Å². The number of hydrogen-bond donors (Lipinski definition) is 1. The van der Waals surface area contributed by atoms with E-state index in [0.717, 1.165) is 22.8 Å². The highest BCUT2D eigenvalue weighted by Crippen LogP contribution is 2.33. The lowest BCUT2D eigenvalue weighted by molar-refractivity contribution is -0.141. The van der Waals surface area contributed by atoms with Crippen LogP contribution in [0.2, 0.25) is 0 Å². The van der Waals surface area contributed by atoms with Gasteiger partial charge in [0.15, 0.2) is 5.69 Å². The summed E-state index contributed by atoms with van der Waals surface area (Å²) in [6.45, 7) is 4.68. The van der Waals surface area contributed by atoms with Crippen LogP contribution in [-0.4, -0.2) is 9.55 Å². The quantitative estimate of drug-likeness (QED) is 0.630. The van der Waals surface area contributed by atoms with Gasteiger partial charge in [-0.3, -0.25) is 9.36 Å². The molecule has 26 heavy (non-hydrogen) atoms. The van der Waals surface area contributed by atoms with Gasteiger partial charge in [0.2, 0.25) is 5.95 Å². The van der Waals surface area contributed by atoms with E-state index in [0.29, 0.717) is 11.6 Å². The third-order valence-electron chi connectivity index (χ3n) is 3.42. The molecule has 0 saturated heterocycles. The second-order valence-electron chi connectivity index (χ2n) is 5.35. The van der Waals surface area contributed by atoms with Crippen LogP contribution in [0.1, 0.15) is 16.8 Å². The summed E-state index contributed by atoms with van der Waals surface area (Å²) in [6.07, 6.45) is -8.27. The van der Waals surface area contributed by atoms with Crippen LogP contribution in [0.3, 0.4) is 0 Å². The fraction of sp³-hybridized carbons (Fsp3) is 0.250. The zero-order chi connectivity index (χ0) is 19.7. The van der Waals surface area contributed by atoms with E-state index in [4.69, 9.17) is 0 Å². The van der Waals surface area contributed by atoms with Crippen molar-refractivity contribution in [2.24, 2.45) is 0 Å². The highest BCUT2D eigenvalue weighted by molar-refractivity contribution is 5.60. The number of benzene rings is 1. The molecule has 0 amide bonds. The van der Waals surface area contributed by atoms with Gasteiger partial charge >= 0.3 is 12.4 Å². The van der Waals surface area contributed by atoms with E-state index >= 15 is 0 Å². The Morgan fingerprint density at radius 2 is 1.81 bits per heavy atom. The lowest BCUT2D eigenvalue weighted by Crippen LogP contribution is -2.26. The van der Waals surface area contributed by atoms with E-state index in [1.54, 1.807) is 0 Å². The molecule has 2 rings (SSSR count). The van der Waals surface area contributed by atoms with Crippen LogP contribution < -0.4 is 10.9 Å². The number of allylic oxidation sites excluding steroid dienone is 1. The first-order valence-electron chi connectivity index (χ1n) is 7.18. The maximum absolute atomic E-state index is 12.9. The third kappa shape index (κ3) is 4.24. The number of aromatic nitrogens is 2. The molecule has 1 aromatic carbocycles. The van der Waals surface area contributed by atoms with Crippen molar-refractivity contribution in [3.05, 3.63) is 64.1 Å². The first-order chi connectivity index (χ1) is 11.9. The van der Waals surface area contributed by atoms with Gasteiger partial charge in [-0.25, -0.2) is 4.98 Å². The standard InChI is InChI=1S/C16H13F6N3O/c1-3-6-25-13(26)8-12(16(20,21)22)24-14(25)23-11-7-10(15(17,18)19)5-4-9(11)2/h3-5,7-8H,1,6H2,2H3,(H,23,24). The minimum absolute atomic E-state index is 0.121. The number of rotatable bonds is 4. The van der Waals surface area contributed by atoms with Crippen molar-refractivity contribution in [2.45, 2.75) is 25.8 Å². The van der Waals surface area contributed by atoms with E-state index < -0.39 is 35.1 Å². The molecular formula is C16H13F6N3O. The molecular weight excluding hydrogens is 364 g/mol. The van der Waals surface area contributed by atoms with Crippen molar-refractivity contribution >= 4 is 11.6 Å².